The molecule has 1 aromatic carbocycles. The van der Waals surface area contributed by atoms with Crippen LogP contribution in [0, 0.1) is 12.3 Å². The van der Waals surface area contributed by atoms with E-state index in [4.69, 9.17) is 15.5 Å². The first-order valence-corrected chi connectivity index (χ1v) is 14.5. The second-order valence-electron chi connectivity index (χ2n) is 11.0. The largest absolute Gasteiger partial charge is 0.420 e. The van der Waals surface area contributed by atoms with Gasteiger partial charge in [-0.25, -0.2) is 9.97 Å². The Morgan fingerprint density at radius 1 is 1.02 bits per heavy atom. The van der Waals surface area contributed by atoms with Crippen molar-refractivity contribution in [3.8, 4) is 23.0 Å². The summed E-state index contributed by atoms with van der Waals surface area (Å²) in [5, 5.41) is 11.1. The van der Waals surface area contributed by atoms with Crippen LogP contribution in [0.2, 0.25) is 0 Å². The molecule has 12 heteroatoms. The van der Waals surface area contributed by atoms with Crippen molar-refractivity contribution in [3.05, 3.63) is 76.4 Å². The van der Waals surface area contributed by atoms with Gasteiger partial charge >= 0.3 is 0 Å². The Morgan fingerprint density at radius 3 is 2.43 bits per heavy atom. The molecule has 2 aliphatic rings. The summed E-state index contributed by atoms with van der Waals surface area (Å²) in [4.78, 5) is 49.4. The first kappa shape index (κ1) is 27.5. The van der Waals surface area contributed by atoms with E-state index < -0.39 is 23.3 Å². The third kappa shape index (κ3) is 4.87. The molecule has 2 aliphatic heterocycles. The van der Waals surface area contributed by atoms with Crippen LogP contribution in [0.5, 0.6) is 11.8 Å². The summed E-state index contributed by atoms with van der Waals surface area (Å²) in [7, 11) is 0. The summed E-state index contributed by atoms with van der Waals surface area (Å²) in [6.07, 6.45) is 1.33. The van der Waals surface area contributed by atoms with Gasteiger partial charge in [-0.05, 0) is 44.0 Å². The highest BCUT2D eigenvalue weighted by Crippen LogP contribution is 2.51. The van der Waals surface area contributed by atoms with Crippen molar-refractivity contribution in [2.75, 3.05) is 11.9 Å². The van der Waals surface area contributed by atoms with Gasteiger partial charge in [0.2, 0.25) is 28.7 Å². The lowest BCUT2D eigenvalue weighted by molar-refractivity contribution is -0.124. The van der Waals surface area contributed by atoms with E-state index in [1.54, 1.807) is 17.6 Å². The van der Waals surface area contributed by atoms with E-state index >= 15 is 0 Å². The first-order valence-electron chi connectivity index (χ1n) is 13.6. The Balaban J connectivity index is 1.32. The fourth-order valence-corrected chi connectivity index (χ4v) is 6.11. The molecule has 0 bridgehead atoms. The van der Waals surface area contributed by atoms with Gasteiger partial charge in [0.25, 0.3) is 5.91 Å². The standard InChI is InChI=1S/C30H29N7O4S/c1-16-6-11-19-23(30(2,3)28(40)35-29-36-32-15-42-29)20-12-13-21(34-26(20)41-25(19)33-16)17-7-9-18(10-8-17)27(39)37-14-4-5-22(37)24(31)38/h6-13,15,22-23H,4-5,14H2,1-3H3,(H2,31,38)(H,35,36,40)/t22-,23-/m1/s1. The van der Waals surface area contributed by atoms with Crippen LogP contribution in [-0.4, -0.2) is 55.4 Å². The highest BCUT2D eigenvalue weighted by atomic mass is 32.1. The second kappa shape index (κ2) is 10.6. The number of hydrogen-bond donors (Lipinski definition) is 2. The van der Waals surface area contributed by atoms with E-state index in [2.05, 4.69) is 20.5 Å². The Kier molecular flexibility index (Phi) is 6.93. The van der Waals surface area contributed by atoms with Crippen molar-refractivity contribution in [2.45, 2.75) is 45.6 Å². The first-order chi connectivity index (χ1) is 20.1. The molecule has 42 heavy (non-hydrogen) atoms. The number of nitrogens with two attached hydrogens (primary N) is 1. The van der Waals surface area contributed by atoms with Crippen molar-refractivity contribution in [1.29, 1.82) is 0 Å². The predicted molar refractivity (Wildman–Crippen MR) is 156 cm³/mol. The van der Waals surface area contributed by atoms with E-state index in [1.807, 2.05) is 57.2 Å². The number of rotatable bonds is 6. The molecule has 3 N–H and O–H groups in total. The Bertz CT molecular complexity index is 1690. The fourth-order valence-electron chi connectivity index (χ4n) is 5.67. The van der Waals surface area contributed by atoms with Gasteiger partial charge in [-0.15, -0.1) is 10.2 Å². The number of pyridine rings is 2. The number of carbonyl (C=O) groups is 3. The SMILES string of the molecule is Cc1ccc2c(n1)Oc1nc(-c3ccc(C(=O)N4CCC[C@@H]4C(N)=O)cc3)ccc1[C@@H]2C(C)(C)C(=O)Nc1nncs1. The molecule has 0 radical (unpaired) electrons. The Labute approximate surface area is 246 Å². The zero-order valence-electron chi connectivity index (χ0n) is 23.3. The number of benzene rings is 1. The van der Waals surface area contributed by atoms with E-state index in [-0.39, 0.29) is 11.8 Å². The third-order valence-corrected chi connectivity index (χ3v) is 8.50. The molecule has 1 fully saturated rings. The Morgan fingerprint density at radius 2 is 1.74 bits per heavy atom. The van der Waals surface area contributed by atoms with Crippen molar-refractivity contribution >= 4 is 34.2 Å². The van der Waals surface area contributed by atoms with Crippen LogP contribution in [0.1, 0.15) is 59.8 Å². The molecule has 1 saturated heterocycles. The summed E-state index contributed by atoms with van der Waals surface area (Å²) in [6, 6.07) is 14.1. The molecule has 6 rings (SSSR count). The Hall–Kier alpha value is -4.71. The molecular formula is C30H29N7O4S. The minimum Gasteiger partial charge on any atom is -0.420 e. The van der Waals surface area contributed by atoms with Crippen LogP contribution >= 0.6 is 11.3 Å². The number of primary amides is 1. The lowest BCUT2D eigenvalue weighted by Gasteiger charge is -2.37. The number of likely N-dealkylation sites (tertiary alicyclic amines) is 1. The maximum Gasteiger partial charge on any atom is 0.254 e. The molecule has 11 nitrogen and oxygen atoms in total. The molecule has 2 atom stereocenters. The van der Waals surface area contributed by atoms with Crippen molar-refractivity contribution in [3.63, 3.8) is 0 Å². The average molecular weight is 584 g/mol. The van der Waals surface area contributed by atoms with Gasteiger partial charge in [-0.1, -0.05) is 49.4 Å². The second-order valence-corrected chi connectivity index (χ2v) is 11.9. The molecule has 0 spiro atoms. The molecule has 3 amide bonds. The summed E-state index contributed by atoms with van der Waals surface area (Å²) in [5.41, 5.74) is 10.3. The number of nitrogens with zero attached hydrogens (tertiary/aromatic N) is 5. The van der Waals surface area contributed by atoms with Crippen LogP contribution in [-0.2, 0) is 9.59 Å². The zero-order chi connectivity index (χ0) is 29.6. The van der Waals surface area contributed by atoms with Gasteiger partial charge in [0, 0.05) is 40.4 Å². The molecule has 0 unspecified atom stereocenters. The van der Waals surface area contributed by atoms with Crippen molar-refractivity contribution < 1.29 is 19.1 Å². The summed E-state index contributed by atoms with van der Waals surface area (Å²) >= 11 is 1.25. The van der Waals surface area contributed by atoms with Gasteiger partial charge < -0.3 is 20.7 Å². The van der Waals surface area contributed by atoms with Crippen LogP contribution in [0.15, 0.2) is 54.0 Å². The maximum atomic E-state index is 13.5. The summed E-state index contributed by atoms with van der Waals surface area (Å²) in [5.74, 6) is -0.561. The minimum absolute atomic E-state index is 0.218. The van der Waals surface area contributed by atoms with Crippen LogP contribution in [0.3, 0.4) is 0 Å². The number of ether oxygens (including phenoxy) is 1. The van der Waals surface area contributed by atoms with Crippen LogP contribution in [0.25, 0.3) is 11.3 Å². The van der Waals surface area contributed by atoms with Gasteiger partial charge in [0.15, 0.2) is 0 Å². The van der Waals surface area contributed by atoms with E-state index in [0.29, 0.717) is 41.1 Å². The molecule has 3 aromatic heterocycles. The highest BCUT2D eigenvalue weighted by molar-refractivity contribution is 7.13. The number of carbonyl (C=O) groups excluding carboxylic acids is 3. The smallest absolute Gasteiger partial charge is 0.254 e. The maximum absolute atomic E-state index is 13.5. The average Bonchev–Trinajstić information content (AvgIpc) is 3.68. The normalized spacial score (nSPS) is 17.6. The van der Waals surface area contributed by atoms with Crippen molar-refractivity contribution in [1.82, 2.24) is 25.1 Å². The molecule has 0 saturated carbocycles. The fraction of sp³-hybridized carbons (Fsp3) is 0.300. The molecule has 214 valence electrons. The predicted octanol–water partition coefficient (Wildman–Crippen LogP) is 4.30. The quantitative estimate of drug-likeness (QED) is 0.341. The number of amides is 3. The highest BCUT2D eigenvalue weighted by Gasteiger charge is 2.45. The summed E-state index contributed by atoms with van der Waals surface area (Å²) in [6.45, 7) is 6.13. The minimum atomic E-state index is -0.931. The topological polar surface area (TPSA) is 153 Å². The van der Waals surface area contributed by atoms with E-state index in [1.165, 1.54) is 16.2 Å². The monoisotopic (exact) mass is 583 g/mol. The number of aryl methyl sites for hydroxylation is 1. The molecule has 5 heterocycles. The zero-order valence-corrected chi connectivity index (χ0v) is 24.1. The van der Waals surface area contributed by atoms with Gasteiger partial charge in [0.05, 0.1) is 11.1 Å². The lowest BCUT2D eigenvalue weighted by atomic mass is 9.70. The van der Waals surface area contributed by atoms with Gasteiger partial charge in [-0.3, -0.25) is 14.4 Å². The third-order valence-electron chi connectivity index (χ3n) is 7.89. The number of hydrogen-bond acceptors (Lipinski definition) is 9. The lowest BCUT2D eigenvalue weighted by Crippen LogP contribution is -2.43. The summed E-state index contributed by atoms with van der Waals surface area (Å²) < 4.78 is 6.22. The molecular weight excluding hydrogens is 554 g/mol. The van der Waals surface area contributed by atoms with Gasteiger partial charge in [0.1, 0.15) is 11.6 Å². The van der Waals surface area contributed by atoms with Crippen molar-refractivity contribution in [2.24, 2.45) is 11.1 Å². The number of nitrogens with one attached hydrogen (secondary N) is 1. The molecule has 0 aliphatic carbocycles. The number of fused-ring (bicyclic) bond motifs is 2. The number of anilines is 1. The van der Waals surface area contributed by atoms with Crippen LogP contribution < -0.4 is 15.8 Å². The number of aromatic nitrogens is 4. The molecule has 4 aromatic rings. The van der Waals surface area contributed by atoms with Gasteiger partial charge in [-0.2, -0.15) is 0 Å². The van der Waals surface area contributed by atoms with E-state index in [0.717, 1.165) is 28.8 Å². The van der Waals surface area contributed by atoms with Crippen LogP contribution in [0.4, 0.5) is 5.13 Å². The van der Waals surface area contributed by atoms with E-state index in [9.17, 15) is 14.4 Å².